The van der Waals surface area contributed by atoms with Crippen LogP contribution in [0.1, 0.15) is 27.3 Å². The maximum atomic E-state index is 11.2. The van der Waals surface area contributed by atoms with Crippen LogP contribution in [-0.2, 0) is 0 Å². The van der Waals surface area contributed by atoms with E-state index in [9.17, 15) is 4.79 Å². The van der Waals surface area contributed by atoms with Crippen LogP contribution in [0.3, 0.4) is 0 Å². The largest absolute Gasteiger partial charge is 0.478 e. The third-order valence-corrected chi connectivity index (χ3v) is 2.97. The Labute approximate surface area is 105 Å². The maximum Gasteiger partial charge on any atom is 0.339 e. The van der Waals surface area contributed by atoms with E-state index < -0.39 is 5.97 Å². The summed E-state index contributed by atoms with van der Waals surface area (Å²) < 4.78 is 1.63. The Morgan fingerprint density at radius 2 is 2.00 bits per heavy atom. The molecule has 0 amide bonds. The van der Waals surface area contributed by atoms with E-state index >= 15 is 0 Å². The average Bonchev–Trinajstić information content (AvgIpc) is 2.57. The Bertz CT molecular complexity index is 629. The number of carboxylic acids is 1. The second kappa shape index (κ2) is 4.18. The van der Waals surface area contributed by atoms with Gasteiger partial charge in [0.05, 0.1) is 17.1 Å². The highest BCUT2D eigenvalue weighted by molar-refractivity contribution is 5.90. The number of nitrogen functional groups attached to an aromatic ring is 1. The minimum absolute atomic E-state index is 0.247. The summed E-state index contributed by atoms with van der Waals surface area (Å²) in [6.07, 6.45) is 0. The van der Waals surface area contributed by atoms with Gasteiger partial charge >= 0.3 is 5.97 Å². The smallest absolute Gasteiger partial charge is 0.339 e. The van der Waals surface area contributed by atoms with E-state index in [0.717, 1.165) is 11.3 Å². The molecule has 0 saturated carbocycles. The predicted octanol–water partition coefficient (Wildman–Crippen LogP) is 2.08. The number of nitrogens with two attached hydrogens (primary N) is 1. The van der Waals surface area contributed by atoms with Crippen molar-refractivity contribution in [3.05, 3.63) is 40.7 Å². The first kappa shape index (κ1) is 12.2. The van der Waals surface area contributed by atoms with E-state index in [-0.39, 0.29) is 5.56 Å². The van der Waals surface area contributed by atoms with Gasteiger partial charge in [0.1, 0.15) is 5.56 Å². The number of carboxylic acid groups (broad SMARTS) is 1. The molecule has 5 nitrogen and oxygen atoms in total. The molecule has 0 saturated heterocycles. The first-order valence-electron chi connectivity index (χ1n) is 5.58. The highest BCUT2D eigenvalue weighted by Gasteiger charge is 2.19. The van der Waals surface area contributed by atoms with Gasteiger partial charge in [-0.3, -0.25) is 0 Å². The normalized spacial score (nSPS) is 10.6. The summed E-state index contributed by atoms with van der Waals surface area (Å²) in [7, 11) is 0. The van der Waals surface area contributed by atoms with Crippen molar-refractivity contribution in [2.75, 3.05) is 5.73 Å². The van der Waals surface area contributed by atoms with Crippen molar-refractivity contribution in [3.8, 4) is 5.69 Å². The highest BCUT2D eigenvalue weighted by Crippen LogP contribution is 2.22. The van der Waals surface area contributed by atoms with E-state index in [4.69, 9.17) is 10.8 Å². The first-order chi connectivity index (χ1) is 8.41. The lowest BCUT2D eigenvalue weighted by atomic mass is 10.1. The molecule has 0 fully saturated rings. The second-order valence-electron chi connectivity index (χ2n) is 4.31. The molecule has 2 rings (SSSR count). The van der Waals surface area contributed by atoms with Crippen molar-refractivity contribution in [2.45, 2.75) is 20.8 Å². The highest BCUT2D eigenvalue weighted by atomic mass is 16.4. The first-order valence-corrected chi connectivity index (χ1v) is 5.58. The molecule has 0 aliphatic rings. The lowest BCUT2D eigenvalue weighted by molar-refractivity contribution is 0.0695. The predicted molar refractivity (Wildman–Crippen MR) is 69.1 cm³/mol. The summed E-state index contributed by atoms with van der Waals surface area (Å²) in [6, 6.07) is 5.49. The van der Waals surface area contributed by atoms with E-state index in [1.54, 1.807) is 24.6 Å². The van der Waals surface area contributed by atoms with Gasteiger partial charge in [-0.1, -0.05) is 6.07 Å². The zero-order valence-corrected chi connectivity index (χ0v) is 10.6. The molecule has 0 aliphatic carbocycles. The van der Waals surface area contributed by atoms with E-state index in [1.807, 2.05) is 19.1 Å². The van der Waals surface area contributed by atoms with Gasteiger partial charge in [0.2, 0.25) is 0 Å². The zero-order valence-electron chi connectivity index (χ0n) is 10.6. The van der Waals surface area contributed by atoms with Crippen molar-refractivity contribution in [1.29, 1.82) is 0 Å². The van der Waals surface area contributed by atoms with Gasteiger partial charge in [-0.2, -0.15) is 5.10 Å². The zero-order chi connectivity index (χ0) is 13.4. The Morgan fingerprint density at radius 1 is 1.33 bits per heavy atom. The Hall–Kier alpha value is -2.30. The van der Waals surface area contributed by atoms with Crippen molar-refractivity contribution >= 4 is 11.7 Å². The van der Waals surface area contributed by atoms with Gasteiger partial charge in [-0.15, -0.1) is 0 Å². The molecular weight excluding hydrogens is 230 g/mol. The van der Waals surface area contributed by atoms with Crippen molar-refractivity contribution in [3.63, 3.8) is 0 Å². The number of hydrogen-bond donors (Lipinski definition) is 2. The van der Waals surface area contributed by atoms with Gasteiger partial charge in [-0.05, 0) is 38.5 Å². The van der Waals surface area contributed by atoms with Gasteiger partial charge in [0.25, 0.3) is 0 Å². The molecule has 2 aromatic rings. The molecule has 0 spiro atoms. The van der Waals surface area contributed by atoms with E-state index in [2.05, 4.69) is 5.10 Å². The molecule has 5 heteroatoms. The molecule has 0 radical (unpaired) electrons. The lowest BCUT2D eigenvalue weighted by Gasteiger charge is -2.09. The number of nitrogens with zero attached hydrogens (tertiary/aromatic N) is 2. The van der Waals surface area contributed by atoms with Crippen molar-refractivity contribution in [2.24, 2.45) is 0 Å². The summed E-state index contributed by atoms with van der Waals surface area (Å²) in [4.78, 5) is 11.2. The van der Waals surface area contributed by atoms with E-state index in [0.29, 0.717) is 17.1 Å². The number of anilines is 1. The monoisotopic (exact) mass is 245 g/mol. The van der Waals surface area contributed by atoms with E-state index in [1.165, 1.54) is 0 Å². The van der Waals surface area contributed by atoms with Crippen LogP contribution in [0.15, 0.2) is 18.2 Å². The molecule has 3 N–H and O–H groups in total. The number of hydrogen-bond acceptors (Lipinski definition) is 3. The molecule has 0 aliphatic heterocycles. The maximum absolute atomic E-state index is 11.2. The quantitative estimate of drug-likeness (QED) is 0.794. The Morgan fingerprint density at radius 3 is 2.56 bits per heavy atom. The SMILES string of the molecule is Cc1ccc(N)cc1-n1nc(C)c(C(=O)O)c1C. The number of aromatic nitrogens is 2. The molecule has 1 aromatic carbocycles. The van der Waals surface area contributed by atoms with Crippen LogP contribution < -0.4 is 5.73 Å². The van der Waals surface area contributed by atoms with Gasteiger partial charge in [0, 0.05) is 5.69 Å². The van der Waals surface area contributed by atoms with Gasteiger partial charge < -0.3 is 10.8 Å². The summed E-state index contributed by atoms with van der Waals surface area (Å²) in [5.41, 5.74) is 9.54. The fraction of sp³-hybridized carbons (Fsp3) is 0.231. The molecule has 0 unspecified atom stereocenters. The number of aryl methyl sites for hydroxylation is 2. The third-order valence-electron chi connectivity index (χ3n) is 2.97. The van der Waals surface area contributed by atoms with Crippen LogP contribution in [0, 0.1) is 20.8 Å². The third kappa shape index (κ3) is 1.84. The summed E-state index contributed by atoms with van der Waals surface area (Å²) in [5.74, 6) is -0.960. The lowest BCUT2D eigenvalue weighted by Crippen LogP contribution is -2.04. The number of rotatable bonds is 2. The standard InChI is InChI=1S/C13H15N3O2/c1-7-4-5-10(14)6-11(7)16-9(3)12(13(17)18)8(2)15-16/h4-6H,14H2,1-3H3,(H,17,18). The van der Waals surface area contributed by atoms with Crippen LogP contribution in [0.4, 0.5) is 5.69 Å². The second-order valence-corrected chi connectivity index (χ2v) is 4.31. The summed E-state index contributed by atoms with van der Waals surface area (Å²) >= 11 is 0. The number of benzene rings is 1. The van der Waals surface area contributed by atoms with Crippen molar-refractivity contribution < 1.29 is 9.90 Å². The summed E-state index contributed by atoms with van der Waals surface area (Å²) in [5, 5.41) is 13.4. The minimum atomic E-state index is -0.960. The number of aromatic carboxylic acids is 1. The molecular formula is C13H15N3O2. The minimum Gasteiger partial charge on any atom is -0.478 e. The van der Waals surface area contributed by atoms with Gasteiger partial charge in [0.15, 0.2) is 0 Å². The molecule has 1 heterocycles. The molecule has 18 heavy (non-hydrogen) atoms. The topological polar surface area (TPSA) is 81.1 Å². The Kier molecular flexibility index (Phi) is 2.82. The molecule has 0 atom stereocenters. The molecule has 94 valence electrons. The fourth-order valence-corrected chi connectivity index (χ4v) is 2.04. The van der Waals surface area contributed by atoms with Crippen LogP contribution in [0.2, 0.25) is 0 Å². The Balaban J connectivity index is 2.69. The van der Waals surface area contributed by atoms with Crippen LogP contribution >= 0.6 is 0 Å². The fourth-order valence-electron chi connectivity index (χ4n) is 2.04. The van der Waals surface area contributed by atoms with Crippen LogP contribution in [0.5, 0.6) is 0 Å². The van der Waals surface area contributed by atoms with Gasteiger partial charge in [-0.25, -0.2) is 9.48 Å². The number of carbonyl (C=O) groups is 1. The van der Waals surface area contributed by atoms with Crippen LogP contribution in [-0.4, -0.2) is 20.9 Å². The average molecular weight is 245 g/mol. The molecule has 1 aromatic heterocycles. The molecule has 0 bridgehead atoms. The van der Waals surface area contributed by atoms with Crippen LogP contribution in [0.25, 0.3) is 5.69 Å². The van der Waals surface area contributed by atoms with Crippen molar-refractivity contribution in [1.82, 2.24) is 9.78 Å². The summed E-state index contributed by atoms with van der Waals surface area (Å²) in [6.45, 7) is 5.37.